The smallest absolute Gasteiger partial charge is 0.216 e. The Labute approximate surface area is 78.1 Å². The standard InChI is InChI=1S/C9H15N3O/c1-3-13-9-5-8(4-7(2)10)11-6-12-9/h5-7H,3-4,10H2,1-2H3. The summed E-state index contributed by atoms with van der Waals surface area (Å²) < 4.78 is 5.24. The van der Waals surface area contributed by atoms with Crippen LogP contribution in [0, 0.1) is 0 Å². The topological polar surface area (TPSA) is 61.0 Å². The van der Waals surface area contributed by atoms with Crippen LogP contribution in [0.3, 0.4) is 0 Å². The van der Waals surface area contributed by atoms with Crippen LogP contribution in [0.5, 0.6) is 5.88 Å². The summed E-state index contributed by atoms with van der Waals surface area (Å²) in [6.07, 6.45) is 2.26. The van der Waals surface area contributed by atoms with Crippen molar-refractivity contribution in [3.05, 3.63) is 18.1 Å². The van der Waals surface area contributed by atoms with Crippen LogP contribution in [-0.4, -0.2) is 22.6 Å². The van der Waals surface area contributed by atoms with Crippen molar-refractivity contribution >= 4 is 0 Å². The van der Waals surface area contributed by atoms with Crippen molar-refractivity contribution in [2.45, 2.75) is 26.3 Å². The Bertz CT molecular complexity index is 263. The van der Waals surface area contributed by atoms with E-state index in [-0.39, 0.29) is 6.04 Å². The van der Waals surface area contributed by atoms with Crippen molar-refractivity contribution in [1.82, 2.24) is 9.97 Å². The lowest BCUT2D eigenvalue weighted by molar-refractivity contribution is 0.325. The van der Waals surface area contributed by atoms with Gasteiger partial charge in [0.25, 0.3) is 0 Å². The van der Waals surface area contributed by atoms with Gasteiger partial charge in [0, 0.05) is 24.2 Å². The van der Waals surface area contributed by atoms with E-state index in [1.165, 1.54) is 6.33 Å². The second-order valence-corrected chi connectivity index (χ2v) is 2.96. The minimum Gasteiger partial charge on any atom is -0.478 e. The Morgan fingerprint density at radius 2 is 2.31 bits per heavy atom. The molecule has 4 nitrogen and oxygen atoms in total. The van der Waals surface area contributed by atoms with Crippen LogP contribution in [0.15, 0.2) is 12.4 Å². The van der Waals surface area contributed by atoms with Gasteiger partial charge >= 0.3 is 0 Å². The van der Waals surface area contributed by atoms with Gasteiger partial charge in [0.15, 0.2) is 0 Å². The molecule has 1 rings (SSSR count). The third-order valence-corrected chi connectivity index (χ3v) is 1.52. The summed E-state index contributed by atoms with van der Waals surface area (Å²) in [7, 11) is 0. The molecule has 0 radical (unpaired) electrons. The van der Waals surface area contributed by atoms with Gasteiger partial charge in [-0.25, -0.2) is 9.97 Å². The lowest BCUT2D eigenvalue weighted by Gasteiger charge is -2.05. The van der Waals surface area contributed by atoms with Crippen LogP contribution in [0.25, 0.3) is 0 Å². The maximum absolute atomic E-state index is 5.65. The second kappa shape index (κ2) is 4.77. The predicted octanol–water partition coefficient (Wildman–Crippen LogP) is 0.765. The van der Waals surface area contributed by atoms with Gasteiger partial charge in [0.05, 0.1) is 6.61 Å². The van der Waals surface area contributed by atoms with Crippen LogP contribution in [0.4, 0.5) is 0 Å². The van der Waals surface area contributed by atoms with E-state index in [2.05, 4.69) is 9.97 Å². The average Bonchev–Trinajstić information content (AvgIpc) is 2.04. The van der Waals surface area contributed by atoms with Gasteiger partial charge in [0.2, 0.25) is 5.88 Å². The molecule has 13 heavy (non-hydrogen) atoms. The average molecular weight is 181 g/mol. The van der Waals surface area contributed by atoms with E-state index >= 15 is 0 Å². The van der Waals surface area contributed by atoms with E-state index in [1.807, 2.05) is 19.9 Å². The SMILES string of the molecule is CCOc1cc(CC(C)N)ncn1. The first kappa shape index (κ1) is 9.92. The van der Waals surface area contributed by atoms with Gasteiger partial charge in [0.1, 0.15) is 6.33 Å². The first-order chi connectivity index (χ1) is 6.22. The molecule has 4 heteroatoms. The highest BCUT2D eigenvalue weighted by Gasteiger charge is 2.01. The zero-order valence-electron chi connectivity index (χ0n) is 8.03. The van der Waals surface area contributed by atoms with Gasteiger partial charge in [-0.2, -0.15) is 0 Å². The van der Waals surface area contributed by atoms with Crippen LogP contribution in [-0.2, 0) is 6.42 Å². The maximum atomic E-state index is 5.65. The first-order valence-corrected chi connectivity index (χ1v) is 4.41. The van der Waals surface area contributed by atoms with E-state index in [9.17, 15) is 0 Å². The summed E-state index contributed by atoms with van der Waals surface area (Å²) in [5, 5.41) is 0. The summed E-state index contributed by atoms with van der Waals surface area (Å²) in [5.74, 6) is 0.619. The summed E-state index contributed by atoms with van der Waals surface area (Å²) in [4.78, 5) is 8.05. The number of hydrogen-bond acceptors (Lipinski definition) is 4. The lowest BCUT2D eigenvalue weighted by atomic mass is 10.2. The van der Waals surface area contributed by atoms with Crippen LogP contribution < -0.4 is 10.5 Å². The van der Waals surface area contributed by atoms with Crippen LogP contribution in [0.2, 0.25) is 0 Å². The lowest BCUT2D eigenvalue weighted by Crippen LogP contribution is -2.18. The highest BCUT2D eigenvalue weighted by atomic mass is 16.5. The fraction of sp³-hybridized carbons (Fsp3) is 0.556. The van der Waals surface area contributed by atoms with Crippen molar-refractivity contribution in [3.8, 4) is 5.88 Å². The second-order valence-electron chi connectivity index (χ2n) is 2.96. The Hall–Kier alpha value is -1.16. The molecule has 0 fully saturated rings. The first-order valence-electron chi connectivity index (χ1n) is 4.41. The molecule has 1 aromatic rings. The molecule has 1 aromatic heterocycles. The van der Waals surface area contributed by atoms with Crippen LogP contribution in [0.1, 0.15) is 19.5 Å². The Morgan fingerprint density at radius 3 is 2.92 bits per heavy atom. The van der Waals surface area contributed by atoms with Gasteiger partial charge < -0.3 is 10.5 Å². The van der Waals surface area contributed by atoms with E-state index in [0.717, 1.165) is 12.1 Å². The zero-order chi connectivity index (χ0) is 9.68. The number of hydrogen-bond donors (Lipinski definition) is 1. The number of nitrogens with two attached hydrogens (primary N) is 1. The molecule has 0 aliphatic carbocycles. The molecule has 0 aliphatic heterocycles. The Kier molecular flexibility index (Phi) is 3.64. The molecule has 0 bridgehead atoms. The predicted molar refractivity (Wildman–Crippen MR) is 50.6 cm³/mol. The quantitative estimate of drug-likeness (QED) is 0.745. The number of rotatable bonds is 4. The summed E-state index contributed by atoms with van der Waals surface area (Å²) >= 11 is 0. The molecule has 1 unspecified atom stereocenters. The van der Waals surface area contributed by atoms with E-state index in [0.29, 0.717) is 12.5 Å². The molecule has 72 valence electrons. The third kappa shape index (κ3) is 3.38. The Morgan fingerprint density at radius 1 is 1.54 bits per heavy atom. The van der Waals surface area contributed by atoms with E-state index < -0.39 is 0 Å². The van der Waals surface area contributed by atoms with Crippen molar-refractivity contribution in [3.63, 3.8) is 0 Å². The fourth-order valence-corrected chi connectivity index (χ4v) is 1.05. The molecule has 0 saturated carbocycles. The minimum absolute atomic E-state index is 0.115. The molecule has 0 spiro atoms. The summed E-state index contributed by atoms with van der Waals surface area (Å²) in [6, 6.07) is 1.94. The van der Waals surface area contributed by atoms with E-state index in [1.54, 1.807) is 0 Å². The monoisotopic (exact) mass is 181 g/mol. The summed E-state index contributed by atoms with van der Waals surface area (Å²) in [6.45, 7) is 4.49. The third-order valence-electron chi connectivity index (χ3n) is 1.52. The molecule has 0 amide bonds. The Balaban J connectivity index is 2.67. The molecule has 0 aliphatic rings. The molecular weight excluding hydrogens is 166 g/mol. The molecule has 1 heterocycles. The van der Waals surface area contributed by atoms with Gasteiger partial charge in [-0.1, -0.05) is 0 Å². The molecule has 0 aromatic carbocycles. The number of ether oxygens (including phenoxy) is 1. The largest absolute Gasteiger partial charge is 0.478 e. The fourth-order valence-electron chi connectivity index (χ4n) is 1.05. The number of nitrogens with zero attached hydrogens (tertiary/aromatic N) is 2. The van der Waals surface area contributed by atoms with Crippen molar-refractivity contribution in [1.29, 1.82) is 0 Å². The minimum atomic E-state index is 0.115. The normalized spacial score (nSPS) is 12.5. The summed E-state index contributed by atoms with van der Waals surface area (Å²) in [5.41, 5.74) is 6.57. The highest BCUT2D eigenvalue weighted by Crippen LogP contribution is 2.07. The zero-order valence-corrected chi connectivity index (χ0v) is 8.03. The molecule has 0 saturated heterocycles. The van der Waals surface area contributed by atoms with Crippen molar-refractivity contribution in [2.75, 3.05) is 6.61 Å². The molecule has 2 N–H and O–H groups in total. The van der Waals surface area contributed by atoms with Gasteiger partial charge in [-0.15, -0.1) is 0 Å². The van der Waals surface area contributed by atoms with Gasteiger partial charge in [-0.05, 0) is 13.8 Å². The maximum Gasteiger partial charge on any atom is 0.216 e. The number of aromatic nitrogens is 2. The molecule has 1 atom stereocenters. The molecular formula is C9H15N3O. The van der Waals surface area contributed by atoms with Crippen molar-refractivity contribution in [2.24, 2.45) is 5.73 Å². The van der Waals surface area contributed by atoms with Crippen molar-refractivity contribution < 1.29 is 4.74 Å². The van der Waals surface area contributed by atoms with Crippen LogP contribution >= 0.6 is 0 Å². The highest BCUT2D eigenvalue weighted by molar-refractivity contribution is 5.14. The van der Waals surface area contributed by atoms with E-state index in [4.69, 9.17) is 10.5 Å². The van der Waals surface area contributed by atoms with Gasteiger partial charge in [-0.3, -0.25) is 0 Å².